The SMILES string of the molecule is C=CC(=O)OC(CCO)C(CO)(CO)OCC. The van der Waals surface area contributed by atoms with Crippen LogP contribution in [-0.2, 0) is 14.3 Å². The van der Waals surface area contributed by atoms with Crippen molar-refractivity contribution in [3.63, 3.8) is 0 Å². The number of aliphatic hydroxyl groups is 3. The number of carbonyl (C=O) groups is 1. The third-order valence-electron chi connectivity index (χ3n) is 2.37. The summed E-state index contributed by atoms with van der Waals surface area (Å²) in [6, 6.07) is 0. The Labute approximate surface area is 100 Å². The molecule has 0 bridgehead atoms. The summed E-state index contributed by atoms with van der Waals surface area (Å²) in [5.74, 6) is -0.700. The molecule has 6 heteroatoms. The molecule has 0 aromatic carbocycles. The van der Waals surface area contributed by atoms with Crippen LogP contribution in [0.5, 0.6) is 0 Å². The Hall–Kier alpha value is -0.950. The molecule has 0 saturated heterocycles. The highest BCUT2D eigenvalue weighted by molar-refractivity contribution is 5.81. The van der Waals surface area contributed by atoms with E-state index in [1.54, 1.807) is 6.92 Å². The predicted octanol–water partition coefficient (Wildman–Crippen LogP) is -0.774. The van der Waals surface area contributed by atoms with Gasteiger partial charge in [0.05, 0.1) is 13.2 Å². The topological polar surface area (TPSA) is 96.2 Å². The summed E-state index contributed by atoms with van der Waals surface area (Å²) in [4.78, 5) is 11.1. The molecule has 6 nitrogen and oxygen atoms in total. The lowest BCUT2D eigenvalue weighted by Crippen LogP contribution is -2.53. The molecule has 0 radical (unpaired) electrons. The Morgan fingerprint density at radius 2 is 2.00 bits per heavy atom. The fraction of sp³-hybridized carbons (Fsp3) is 0.727. The Morgan fingerprint density at radius 3 is 2.35 bits per heavy atom. The highest BCUT2D eigenvalue weighted by Crippen LogP contribution is 2.21. The third kappa shape index (κ3) is 4.43. The predicted molar refractivity (Wildman–Crippen MR) is 60.3 cm³/mol. The normalized spacial score (nSPS) is 13.2. The van der Waals surface area contributed by atoms with E-state index in [2.05, 4.69) is 6.58 Å². The van der Waals surface area contributed by atoms with Crippen LogP contribution < -0.4 is 0 Å². The molecule has 0 heterocycles. The smallest absolute Gasteiger partial charge is 0.330 e. The summed E-state index contributed by atoms with van der Waals surface area (Å²) >= 11 is 0. The van der Waals surface area contributed by atoms with Gasteiger partial charge >= 0.3 is 5.97 Å². The minimum Gasteiger partial charge on any atom is -0.456 e. The summed E-state index contributed by atoms with van der Waals surface area (Å²) < 4.78 is 10.2. The molecule has 0 aromatic heterocycles. The molecule has 0 fully saturated rings. The first-order valence-electron chi connectivity index (χ1n) is 5.39. The van der Waals surface area contributed by atoms with Crippen molar-refractivity contribution in [1.29, 1.82) is 0 Å². The first kappa shape index (κ1) is 16.1. The fourth-order valence-corrected chi connectivity index (χ4v) is 1.46. The van der Waals surface area contributed by atoms with E-state index < -0.39 is 30.9 Å². The third-order valence-corrected chi connectivity index (χ3v) is 2.37. The highest BCUT2D eigenvalue weighted by Gasteiger charge is 2.41. The average molecular weight is 248 g/mol. The molecular formula is C11H20O6. The second-order valence-electron chi connectivity index (χ2n) is 3.46. The van der Waals surface area contributed by atoms with Gasteiger partial charge in [-0.2, -0.15) is 0 Å². The molecule has 0 spiro atoms. The Kier molecular flexibility index (Phi) is 7.73. The fourth-order valence-electron chi connectivity index (χ4n) is 1.46. The maximum Gasteiger partial charge on any atom is 0.330 e. The van der Waals surface area contributed by atoms with Crippen LogP contribution in [0.2, 0.25) is 0 Å². The summed E-state index contributed by atoms with van der Waals surface area (Å²) in [5, 5.41) is 27.5. The lowest BCUT2D eigenvalue weighted by Gasteiger charge is -2.36. The molecule has 0 saturated carbocycles. The van der Waals surface area contributed by atoms with Crippen LogP contribution in [0, 0.1) is 0 Å². The molecule has 100 valence electrons. The number of aliphatic hydroxyl groups excluding tert-OH is 3. The average Bonchev–Trinajstić information content (AvgIpc) is 2.35. The summed E-state index contributed by atoms with van der Waals surface area (Å²) in [5.41, 5.74) is -1.41. The van der Waals surface area contributed by atoms with Crippen molar-refractivity contribution in [3.05, 3.63) is 12.7 Å². The van der Waals surface area contributed by atoms with E-state index in [1.165, 1.54) is 0 Å². The van der Waals surface area contributed by atoms with Gasteiger partial charge in [-0.15, -0.1) is 0 Å². The number of carbonyl (C=O) groups excluding carboxylic acids is 1. The second kappa shape index (κ2) is 8.19. The van der Waals surface area contributed by atoms with Gasteiger partial charge in [0.25, 0.3) is 0 Å². The lowest BCUT2D eigenvalue weighted by molar-refractivity contribution is -0.191. The van der Waals surface area contributed by atoms with Crippen molar-refractivity contribution in [2.45, 2.75) is 25.0 Å². The number of rotatable bonds is 9. The van der Waals surface area contributed by atoms with Gasteiger partial charge in [0.2, 0.25) is 0 Å². The van der Waals surface area contributed by atoms with Crippen molar-refractivity contribution in [2.75, 3.05) is 26.4 Å². The minimum absolute atomic E-state index is 0.0563. The van der Waals surface area contributed by atoms with Gasteiger partial charge < -0.3 is 24.8 Å². The summed E-state index contributed by atoms with van der Waals surface area (Å²) in [6.45, 7) is 3.86. The summed E-state index contributed by atoms with van der Waals surface area (Å²) in [7, 11) is 0. The van der Waals surface area contributed by atoms with Gasteiger partial charge in [0.15, 0.2) is 5.60 Å². The Morgan fingerprint density at radius 1 is 1.41 bits per heavy atom. The van der Waals surface area contributed by atoms with Crippen LogP contribution in [0.1, 0.15) is 13.3 Å². The molecule has 0 amide bonds. The van der Waals surface area contributed by atoms with Crippen molar-refractivity contribution in [2.24, 2.45) is 0 Å². The number of hydrogen-bond acceptors (Lipinski definition) is 6. The molecular weight excluding hydrogens is 228 g/mol. The van der Waals surface area contributed by atoms with E-state index in [9.17, 15) is 15.0 Å². The standard InChI is InChI=1S/C11H20O6/c1-3-10(15)17-9(5-6-12)11(7-13,8-14)16-4-2/h3,9,12-14H,1,4-8H2,2H3. The summed E-state index contributed by atoms with van der Waals surface area (Å²) in [6.07, 6.45) is 0.0873. The molecule has 17 heavy (non-hydrogen) atoms. The first-order valence-corrected chi connectivity index (χ1v) is 5.39. The zero-order chi connectivity index (χ0) is 13.3. The monoisotopic (exact) mass is 248 g/mol. The Balaban J connectivity index is 4.92. The maximum atomic E-state index is 11.1. The molecule has 0 aliphatic heterocycles. The van der Waals surface area contributed by atoms with Gasteiger partial charge in [0.1, 0.15) is 6.10 Å². The number of hydrogen-bond donors (Lipinski definition) is 3. The van der Waals surface area contributed by atoms with Gasteiger partial charge in [0, 0.05) is 25.7 Å². The van der Waals surface area contributed by atoms with Crippen molar-refractivity contribution < 1.29 is 29.6 Å². The molecule has 0 aliphatic carbocycles. The lowest BCUT2D eigenvalue weighted by atomic mass is 9.95. The molecule has 0 aliphatic rings. The van der Waals surface area contributed by atoms with Gasteiger partial charge in [-0.05, 0) is 6.92 Å². The molecule has 0 rings (SSSR count). The number of ether oxygens (including phenoxy) is 2. The molecule has 1 atom stereocenters. The van der Waals surface area contributed by atoms with Crippen LogP contribution in [0.25, 0.3) is 0 Å². The minimum atomic E-state index is -1.41. The zero-order valence-corrected chi connectivity index (χ0v) is 9.96. The van der Waals surface area contributed by atoms with E-state index >= 15 is 0 Å². The van der Waals surface area contributed by atoms with Crippen LogP contribution in [-0.4, -0.2) is 59.4 Å². The first-order chi connectivity index (χ1) is 8.10. The van der Waals surface area contributed by atoms with E-state index in [1.807, 2.05) is 0 Å². The van der Waals surface area contributed by atoms with E-state index in [0.717, 1.165) is 6.08 Å². The molecule has 3 N–H and O–H groups in total. The molecule has 0 aromatic rings. The quantitative estimate of drug-likeness (QED) is 0.366. The van der Waals surface area contributed by atoms with Crippen molar-refractivity contribution >= 4 is 5.97 Å². The number of esters is 1. The van der Waals surface area contributed by atoms with Crippen LogP contribution >= 0.6 is 0 Å². The second-order valence-corrected chi connectivity index (χ2v) is 3.46. The van der Waals surface area contributed by atoms with E-state index in [0.29, 0.717) is 0 Å². The highest BCUT2D eigenvalue weighted by atomic mass is 16.6. The Bertz CT molecular complexity index is 236. The van der Waals surface area contributed by atoms with E-state index in [-0.39, 0.29) is 19.6 Å². The zero-order valence-electron chi connectivity index (χ0n) is 9.96. The van der Waals surface area contributed by atoms with Gasteiger partial charge in [-0.25, -0.2) is 4.79 Å². The van der Waals surface area contributed by atoms with Crippen molar-refractivity contribution in [1.82, 2.24) is 0 Å². The van der Waals surface area contributed by atoms with Crippen LogP contribution in [0.15, 0.2) is 12.7 Å². The van der Waals surface area contributed by atoms with Gasteiger partial charge in [-0.1, -0.05) is 6.58 Å². The molecule has 1 unspecified atom stereocenters. The van der Waals surface area contributed by atoms with Crippen molar-refractivity contribution in [3.8, 4) is 0 Å². The largest absolute Gasteiger partial charge is 0.456 e. The van der Waals surface area contributed by atoms with Gasteiger partial charge in [-0.3, -0.25) is 0 Å². The maximum absolute atomic E-state index is 11.1. The van der Waals surface area contributed by atoms with Crippen LogP contribution in [0.4, 0.5) is 0 Å². The van der Waals surface area contributed by atoms with E-state index in [4.69, 9.17) is 14.6 Å². The van der Waals surface area contributed by atoms with Crippen LogP contribution in [0.3, 0.4) is 0 Å².